The van der Waals surface area contributed by atoms with Crippen molar-refractivity contribution < 1.29 is 28.6 Å². The van der Waals surface area contributed by atoms with Gasteiger partial charge in [-0.25, -0.2) is 4.58 Å². The van der Waals surface area contributed by atoms with E-state index < -0.39 is 0 Å². The zero-order valence-corrected chi connectivity index (χ0v) is 12.7. The highest BCUT2D eigenvalue weighted by molar-refractivity contribution is 7.10. The molecule has 0 saturated carbocycles. The molecular weight excluding hydrogens is 341 g/mol. The van der Waals surface area contributed by atoms with Gasteiger partial charge in [0.25, 0.3) is 0 Å². The van der Waals surface area contributed by atoms with Crippen LogP contribution in [0.2, 0.25) is 0 Å². The highest BCUT2D eigenvalue weighted by Crippen LogP contribution is 2.24. The van der Waals surface area contributed by atoms with Crippen molar-refractivity contribution in [1.82, 2.24) is 0 Å². The lowest BCUT2D eigenvalue weighted by atomic mass is 9.99. The minimum absolute atomic E-state index is 0. The van der Waals surface area contributed by atoms with Crippen LogP contribution in [-0.4, -0.2) is 23.9 Å². The third kappa shape index (κ3) is 2.31. The topological polar surface area (TPSA) is 3.01 Å². The monoisotopic (exact) mass is 355 g/mol. The van der Waals surface area contributed by atoms with Gasteiger partial charge in [0, 0.05) is 16.9 Å². The maximum atomic E-state index is 2.37. The number of hydrogen-bond acceptors (Lipinski definition) is 1. The zero-order chi connectivity index (χ0) is 11.0. The highest BCUT2D eigenvalue weighted by Gasteiger charge is 2.25. The van der Waals surface area contributed by atoms with Crippen LogP contribution in [0, 0.1) is 0 Å². The SMILES string of the molecule is C[N+]1=C(c2ccccc2)c2ccsc2CC1.[I-]. The van der Waals surface area contributed by atoms with Gasteiger partial charge in [-0.15, -0.1) is 11.3 Å². The molecule has 1 aliphatic heterocycles. The van der Waals surface area contributed by atoms with E-state index in [1.807, 2.05) is 11.3 Å². The zero-order valence-electron chi connectivity index (χ0n) is 9.69. The lowest BCUT2D eigenvalue weighted by Crippen LogP contribution is -3.00. The van der Waals surface area contributed by atoms with E-state index >= 15 is 0 Å². The maximum Gasteiger partial charge on any atom is 0.215 e. The van der Waals surface area contributed by atoms with Gasteiger partial charge >= 0.3 is 0 Å². The fourth-order valence-corrected chi connectivity index (χ4v) is 3.17. The van der Waals surface area contributed by atoms with E-state index in [4.69, 9.17) is 0 Å². The van der Waals surface area contributed by atoms with Crippen LogP contribution in [0.4, 0.5) is 0 Å². The first-order valence-corrected chi connectivity index (χ1v) is 6.44. The summed E-state index contributed by atoms with van der Waals surface area (Å²) < 4.78 is 2.37. The number of likely N-dealkylation sites (N-methyl/N-ethyl adjacent to an activating group) is 1. The van der Waals surface area contributed by atoms with Crippen molar-refractivity contribution in [2.45, 2.75) is 6.42 Å². The summed E-state index contributed by atoms with van der Waals surface area (Å²) in [6.07, 6.45) is 1.18. The number of thiophene rings is 1. The normalized spacial score (nSPS) is 14.2. The lowest BCUT2D eigenvalue weighted by Gasteiger charge is -2.12. The summed E-state index contributed by atoms with van der Waals surface area (Å²) >= 11 is 1.88. The summed E-state index contributed by atoms with van der Waals surface area (Å²) in [5.41, 5.74) is 4.12. The van der Waals surface area contributed by atoms with Crippen LogP contribution < -0.4 is 24.0 Å². The first-order valence-electron chi connectivity index (χ1n) is 5.56. The van der Waals surface area contributed by atoms with Crippen molar-refractivity contribution in [2.24, 2.45) is 0 Å². The average molecular weight is 355 g/mol. The predicted octanol–water partition coefficient (Wildman–Crippen LogP) is -0.212. The molecule has 0 bridgehead atoms. The second-order valence-corrected chi connectivity index (χ2v) is 5.14. The van der Waals surface area contributed by atoms with Crippen LogP contribution in [0.15, 0.2) is 41.8 Å². The predicted molar refractivity (Wildman–Crippen MR) is 68.7 cm³/mol. The number of rotatable bonds is 1. The number of halogens is 1. The fraction of sp³-hybridized carbons (Fsp3) is 0.214. The van der Waals surface area contributed by atoms with E-state index in [1.54, 1.807) is 0 Å². The van der Waals surface area contributed by atoms with E-state index in [-0.39, 0.29) is 24.0 Å². The summed E-state index contributed by atoms with van der Waals surface area (Å²) in [5.74, 6) is 0. The molecular formula is C14H14INS. The van der Waals surface area contributed by atoms with Crippen LogP contribution in [0.25, 0.3) is 0 Å². The average Bonchev–Trinajstić information content (AvgIpc) is 2.78. The molecule has 1 aromatic carbocycles. The first-order chi connectivity index (χ1) is 7.86. The van der Waals surface area contributed by atoms with Crippen molar-refractivity contribution in [3.63, 3.8) is 0 Å². The fourth-order valence-electron chi connectivity index (χ4n) is 2.30. The molecule has 17 heavy (non-hydrogen) atoms. The molecule has 1 aromatic heterocycles. The Morgan fingerprint density at radius 3 is 2.65 bits per heavy atom. The van der Waals surface area contributed by atoms with Gasteiger partial charge in [0.15, 0.2) is 0 Å². The van der Waals surface area contributed by atoms with Gasteiger partial charge in [0.1, 0.15) is 13.6 Å². The van der Waals surface area contributed by atoms with Gasteiger partial charge in [-0.2, -0.15) is 0 Å². The van der Waals surface area contributed by atoms with E-state index in [0.29, 0.717) is 0 Å². The Morgan fingerprint density at radius 2 is 1.88 bits per heavy atom. The van der Waals surface area contributed by atoms with Gasteiger partial charge in [0.05, 0.1) is 5.56 Å². The molecule has 3 heteroatoms. The molecule has 0 N–H and O–H groups in total. The van der Waals surface area contributed by atoms with Gasteiger partial charge in [-0.3, -0.25) is 0 Å². The minimum atomic E-state index is 0. The van der Waals surface area contributed by atoms with Crippen molar-refractivity contribution >= 4 is 17.0 Å². The van der Waals surface area contributed by atoms with Crippen LogP contribution in [0.3, 0.4) is 0 Å². The summed E-state index contributed by atoms with van der Waals surface area (Å²) in [6.45, 7) is 1.12. The van der Waals surface area contributed by atoms with Crippen molar-refractivity contribution in [2.75, 3.05) is 13.6 Å². The Morgan fingerprint density at radius 1 is 1.12 bits per heavy atom. The van der Waals surface area contributed by atoms with Gasteiger partial charge in [0.2, 0.25) is 5.71 Å². The summed E-state index contributed by atoms with van der Waals surface area (Å²) in [5, 5.41) is 2.20. The number of nitrogens with zero attached hydrogens (tertiary/aromatic N) is 1. The summed E-state index contributed by atoms with van der Waals surface area (Å²) in [7, 11) is 2.18. The van der Waals surface area contributed by atoms with Crippen LogP contribution in [-0.2, 0) is 6.42 Å². The number of benzene rings is 1. The molecule has 2 heterocycles. The highest BCUT2D eigenvalue weighted by atomic mass is 127. The Kier molecular flexibility index (Phi) is 3.99. The molecule has 2 aromatic rings. The van der Waals surface area contributed by atoms with E-state index in [0.717, 1.165) is 6.54 Å². The molecule has 0 unspecified atom stereocenters. The van der Waals surface area contributed by atoms with Gasteiger partial charge < -0.3 is 24.0 Å². The molecule has 88 valence electrons. The molecule has 3 rings (SSSR count). The van der Waals surface area contributed by atoms with Gasteiger partial charge in [-0.1, -0.05) is 18.2 Å². The Labute approximate surface area is 123 Å². The van der Waals surface area contributed by atoms with Crippen LogP contribution in [0.1, 0.15) is 16.0 Å². The molecule has 0 amide bonds. The van der Waals surface area contributed by atoms with Crippen molar-refractivity contribution in [3.05, 3.63) is 57.8 Å². The van der Waals surface area contributed by atoms with Gasteiger partial charge in [-0.05, 0) is 23.6 Å². The Hall–Kier alpha value is -0.680. The Bertz CT molecular complexity index is 542. The second kappa shape index (κ2) is 5.31. The molecule has 0 spiro atoms. The van der Waals surface area contributed by atoms with Crippen molar-refractivity contribution in [3.8, 4) is 0 Å². The maximum absolute atomic E-state index is 2.37. The Balaban J connectivity index is 0.00000108. The molecule has 0 fully saturated rings. The molecule has 0 radical (unpaired) electrons. The van der Waals surface area contributed by atoms with Crippen LogP contribution >= 0.6 is 11.3 Å². The minimum Gasteiger partial charge on any atom is -1.00 e. The quantitative estimate of drug-likeness (QED) is 0.492. The molecule has 0 atom stereocenters. The molecule has 0 aliphatic carbocycles. The largest absolute Gasteiger partial charge is 1.00 e. The standard InChI is InChI=1S/C14H14NS.HI/c1-15-9-7-13-12(8-10-16-13)14(15)11-5-3-2-4-6-11;/h2-6,8,10H,7,9H2,1H3;1H/q+1;/p-1. The summed E-state index contributed by atoms with van der Waals surface area (Å²) in [6, 6.07) is 12.9. The number of fused-ring (bicyclic) bond motifs is 1. The lowest BCUT2D eigenvalue weighted by molar-refractivity contribution is -0.497. The molecule has 1 aliphatic rings. The second-order valence-electron chi connectivity index (χ2n) is 4.14. The first kappa shape index (κ1) is 12.8. The molecule has 1 nitrogen and oxygen atoms in total. The smallest absolute Gasteiger partial charge is 0.215 e. The van der Waals surface area contributed by atoms with Crippen LogP contribution in [0.5, 0.6) is 0 Å². The number of hydrogen-bond donors (Lipinski definition) is 0. The third-order valence-corrected chi connectivity index (χ3v) is 4.08. The van der Waals surface area contributed by atoms with E-state index in [2.05, 4.69) is 53.4 Å². The summed E-state index contributed by atoms with van der Waals surface area (Å²) in [4.78, 5) is 1.52. The van der Waals surface area contributed by atoms with Crippen molar-refractivity contribution in [1.29, 1.82) is 0 Å². The third-order valence-electron chi connectivity index (χ3n) is 3.10. The van der Waals surface area contributed by atoms with E-state index in [1.165, 1.54) is 28.1 Å². The van der Waals surface area contributed by atoms with E-state index in [9.17, 15) is 0 Å². The molecule has 0 saturated heterocycles.